The maximum Gasteiger partial charge on any atom is 0.360 e. The maximum absolute atomic E-state index is 13.4. The zero-order valence-electron chi connectivity index (χ0n) is 21.5. The monoisotopic (exact) mass is 540 g/mol. The van der Waals surface area contributed by atoms with Gasteiger partial charge in [0.25, 0.3) is 0 Å². The lowest BCUT2D eigenvalue weighted by Gasteiger charge is -2.34. The summed E-state index contributed by atoms with van der Waals surface area (Å²) in [6.07, 6.45) is 3.02. The van der Waals surface area contributed by atoms with Gasteiger partial charge in [0.2, 0.25) is 5.91 Å². The first-order chi connectivity index (χ1) is 18.0. The highest BCUT2D eigenvalue weighted by atomic mass is 35.5. The number of halogens is 1. The van der Waals surface area contributed by atoms with Gasteiger partial charge in [0.05, 0.1) is 19.1 Å². The maximum atomic E-state index is 13.4. The van der Waals surface area contributed by atoms with E-state index in [0.29, 0.717) is 49.7 Å². The zero-order chi connectivity index (χ0) is 25.8. The van der Waals surface area contributed by atoms with Crippen molar-refractivity contribution in [1.82, 2.24) is 4.90 Å². The summed E-state index contributed by atoms with van der Waals surface area (Å²) in [5.41, 5.74) is 2.18. The fraction of sp³-hybridized carbons (Fsp3) is 0.414. The number of likely N-dealkylation sites (tertiary alicyclic amines) is 1. The standard InChI is InChI=1S/C29H32N2O6.ClH/c1-2-35-28(33)21-10-6-14-30(17-21)18-26(32)31-15-7-11-23-24-16-22(36-19-20-8-4-3-5-9-20)12-13-25(24)37-29(34)27(23)31;/h3-5,8-9,12-13,16,21H,2,6-7,10-11,14-15,17-19H2,1H3;1H. The molecule has 1 saturated heterocycles. The molecule has 38 heavy (non-hydrogen) atoms. The molecule has 202 valence electrons. The second-order valence-corrected chi connectivity index (χ2v) is 9.62. The van der Waals surface area contributed by atoms with Gasteiger partial charge in [0.1, 0.15) is 23.6 Å². The highest BCUT2D eigenvalue weighted by molar-refractivity contribution is 5.98. The van der Waals surface area contributed by atoms with Gasteiger partial charge in [-0.05, 0) is 68.5 Å². The van der Waals surface area contributed by atoms with Crippen LogP contribution in [-0.2, 0) is 27.4 Å². The Kier molecular flexibility index (Phi) is 9.07. The van der Waals surface area contributed by atoms with Crippen molar-refractivity contribution in [1.29, 1.82) is 0 Å². The number of fused-ring (bicyclic) bond motifs is 3. The largest absolute Gasteiger partial charge is 0.489 e. The third-order valence-electron chi connectivity index (χ3n) is 7.07. The second kappa shape index (κ2) is 12.5. The molecule has 1 fully saturated rings. The summed E-state index contributed by atoms with van der Waals surface area (Å²) in [5, 5.41) is 0.790. The van der Waals surface area contributed by atoms with Crippen molar-refractivity contribution in [3.8, 4) is 5.75 Å². The quantitative estimate of drug-likeness (QED) is 0.325. The van der Waals surface area contributed by atoms with Crippen molar-refractivity contribution in [2.75, 3.05) is 37.7 Å². The van der Waals surface area contributed by atoms with Crippen LogP contribution in [0, 0.1) is 5.92 Å². The van der Waals surface area contributed by atoms with Gasteiger partial charge in [-0.3, -0.25) is 14.5 Å². The Bertz CT molecular complexity index is 1340. The lowest BCUT2D eigenvalue weighted by atomic mass is 9.97. The highest BCUT2D eigenvalue weighted by Gasteiger charge is 2.32. The minimum absolute atomic E-state index is 0. The summed E-state index contributed by atoms with van der Waals surface area (Å²) in [5.74, 6) is 0.0848. The Hall–Kier alpha value is -3.36. The number of hydrogen-bond donors (Lipinski definition) is 0. The second-order valence-electron chi connectivity index (χ2n) is 9.62. The number of carbonyl (C=O) groups is 2. The van der Waals surface area contributed by atoms with E-state index >= 15 is 0 Å². The molecule has 0 bridgehead atoms. The summed E-state index contributed by atoms with van der Waals surface area (Å²) < 4.78 is 16.8. The molecule has 3 aromatic rings. The molecule has 1 atom stereocenters. The van der Waals surface area contributed by atoms with Gasteiger partial charge in [-0.25, -0.2) is 4.79 Å². The molecule has 0 N–H and O–H groups in total. The van der Waals surface area contributed by atoms with E-state index in [1.807, 2.05) is 41.3 Å². The average molecular weight is 541 g/mol. The molecule has 9 heteroatoms. The molecule has 1 aromatic heterocycles. The average Bonchev–Trinajstić information content (AvgIpc) is 2.92. The molecule has 0 saturated carbocycles. The van der Waals surface area contributed by atoms with E-state index in [4.69, 9.17) is 13.9 Å². The number of ether oxygens (including phenoxy) is 2. The molecule has 2 aliphatic heterocycles. The predicted molar refractivity (Wildman–Crippen MR) is 147 cm³/mol. The Morgan fingerprint density at radius 2 is 1.89 bits per heavy atom. The van der Waals surface area contributed by atoms with Crippen LogP contribution in [0.3, 0.4) is 0 Å². The van der Waals surface area contributed by atoms with E-state index in [9.17, 15) is 14.4 Å². The Balaban J connectivity index is 0.00000336. The lowest BCUT2D eigenvalue weighted by molar-refractivity contribution is -0.150. The molecule has 3 heterocycles. The van der Waals surface area contributed by atoms with E-state index in [1.54, 1.807) is 24.0 Å². The Labute approximate surface area is 227 Å². The molecule has 5 rings (SSSR count). The number of aryl methyl sites for hydroxylation is 1. The zero-order valence-corrected chi connectivity index (χ0v) is 22.3. The van der Waals surface area contributed by atoms with E-state index < -0.39 is 5.63 Å². The van der Waals surface area contributed by atoms with Crippen LogP contribution in [0.5, 0.6) is 5.75 Å². The third-order valence-corrected chi connectivity index (χ3v) is 7.07. The normalized spacial score (nSPS) is 17.4. The number of piperidine rings is 1. The van der Waals surface area contributed by atoms with Gasteiger partial charge in [0.15, 0.2) is 0 Å². The van der Waals surface area contributed by atoms with Gasteiger partial charge in [-0.15, -0.1) is 12.4 Å². The first-order valence-electron chi connectivity index (χ1n) is 13.0. The first kappa shape index (κ1) is 27.7. The third kappa shape index (κ3) is 6.03. The minimum Gasteiger partial charge on any atom is -0.489 e. The van der Waals surface area contributed by atoms with Gasteiger partial charge in [-0.2, -0.15) is 0 Å². The van der Waals surface area contributed by atoms with Crippen LogP contribution >= 0.6 is 12.4 Å². The summed E-state index contributed by atoms with van der Waals surface area (Å²) in [4.78, 5) is 42.2. The number of anilines is 1. The predicted octanol–water partition coefficient (Wildman–Crippen LogP) is 4.35. The van der Waals surface area contributed by atoms with Crippen LogP contribution < -0.4 is 15.3 Å². The molecule has 8 nitrogen and oxygen atoms in total. The SMILES string of the molecule is CCOC(=O)C1CCCN(CC(=O)N2CCCc3c2c(=O)oc2ccc(OCc4ccccc4)cc32)C1.Cl. The minimum atomic E-state index is -0.503. The number of carbonyl (C=O) groups excluding carboxylic acids is 2. The summed E-state index contributed by atoms with van der Waals surface area (Å²) in [7, 11) is 0. The fourth-order valence-corrected chi connectivity index (χ4v) is 5.29. The van der Waals surface area contributed by atoms with Crippen molar-refractivity contribution < 1.29 is 23.5 Å². The van der Waals surface area contributed by atoms with Gasteiger partial charge in [-0.1, -0.05) is 30.3 Å². The van der Waals surface area contributed by atoms with Crippen molar-refractivity contribution in [3.63, 3.8) is 0 Å². The van der Waals surface area contributed by atoms with Crippen molar-refractivity contribution in [3.05, 3.63) is 70.1 Å². The molecule has 1 amide bonds. The molecule has 0 spiro atoms. The van der Waals surface area contributed by atoms with Crippen LogP contribution in [0.2, 0.25) is 0 Å². The summed E-state index contributed by atoms with van der Waals surface area (Å²) >= 11 is 0. The fourth-order valence-electron chi connectivity index (χ4n) is 5.29. The number of amides is 1. The number of esters is 1. The summed E-state index contributed by atoms with van der Waals surface area (Å²) in [6, 6.07) is 15.3. The van der Waals surface area contributed by atoms with Crippen molar-refractivity contribution in [2.45, 2.75) is 39.2 Å². The summed E-state index contributed by atoms with van der Waals surface area (Å²) in [6.45, 7) is 4.40. The first-order valence-corrected chi connectivity index (χ1v) is 13.0. The van der Waals surface area contributed by atoms with E-state index in [1.165, 1.54) is 0 Å². The Morgan fingerprint density at radius 3 is 2.68 bits per heavy atom. The van der Waals surface area contributed by atoms with Crippen LogP contribution in [0.15, 0.2) is 57.7 Å². The molecule has 1 unspecified atom stereocenters. The molecule has 2 aliphatic rings. The Morgan fingerprint density at radius 1 is 1.08 bits per heavy atom. The number of nitrogens with zero attached hydrogens (tertiary/aromatic N) is 2. The molecular formula is C29H33ClN2O6. The van der Waals surface area contributed by atoms with Crippen molar-refractivity contribution >= 4 is 40.9 Å². The number of benzene rings is 2. The van der Waals surface area contributed by atoms with Crippen LogP contribution in [0.1, 0.15) is 37.3 Å². The molecule has 0 radical (unpaired) electrons. The number of rotatable bonds is 7. The van der Waals surface area contributed by atoms with Crippen LogP contribution in [0.4, 0.5) is 5.69 Å². The van der Waals surface area contributed by atoms with Gasteiger partial charge >= 0.3 is 11.6 Å². The van der Waals surface area contributed by atoms with E-state index in [2.05, 4.69) is 0 Å². The van der Waals surface area contributed by atoms with Gasteiger partial charge in [0, 0.05) is 18.5 Å². The lowest BCUT2D eigenvalue weighted by Crippen LogP contribution is -2.48. The highest BCUT2D eigenvalue weighted by Crippen LogP contribution is 2.33. The molecular weight excluding hydrogens is 508 g/mol. The van der Waals surface area contributed by atoms with Crippen LogP contribution in [0.25, 0.3) is 11.0 Å². The molecule has 0 aliphatic carbocycles. The van der Waals surface area contributed by atoms with Gasteiger partial charge < -0.3 is 18.8 Å². The topological polar surface area (TPSA) is 89.3 Å². The smallest absolute Gasteiger partial charge is 0.360 e. The molecule has 2 aromatic carbocycles. The van der Waals surface area contributed by atoms with E-state index in [0.717, 1.165) is 42.3 Å². The van der Waals surface area contributed by atoms with Crippen LogP contribution in [-0.4, -0.2) is 49.6 Å². The number of hydrogen-bond acceptors (Lipinski definition) is 7. The van der Waals surface area contributed by atoms with E-state index in [-0.39, 0.29) is 36.7 Å². The van der Waals surface area contributed by atoms with Crippen molar-refractivity contribution in [2.24, 2.45) is 5.92 Å².